The first kappa shape index (κ1) is 10.9. The Labute approximate surface area is 91.9 Å². The zero-order valence-electron chi connectivity index (χ0n) is 7.67. The molecule has 0 aromatic carbocycles. The van der Waals surface area contributed by atoms with Crippen LogP contribution in [0.2, 0.25) is 5.02 Å². The van der Waals surface area contributed by atoms with Gasteiger partial charge in [-0.15, -0.1) is 0 Å². The van der Waals surface area contributed by atoms with E-state index in [1.165, 1.54) is 0 Å². The van der Waals surface area contributed by atoms with Gasteiger partial charge in [-0.2, -0.15) is 0 Å². The van der Waals surface area contributed by atoms with Crippen LogP contribution in [0, 0.1) is 0 Å². The lowest BCUT2D eigenvalue weighted by molar-refractivity contribution is 0.620. The molecule has 0 bridgehead atoms. The summed E-state index contributed by atoms with van der Waals surface area (Å²) in [6.45, 7) is 4.23. The smallest absolute Gasteiger partial charge is 0.132 e. The molecule has 2 unspecified atom stereocenters. The second kappa shape index (κ2) is 4.91. The van der Waals surface area contributed by atoms with Gasteiger partial charge in [0.25, 0.3) is 0 Å². The normalized spacial score (nSPS) is 15.4. The molecule has 0 aliphatic heterocycles. The van der Waals surface area contributed by atoms with Crippen molar-refractivity contribution in [1.82, 2.24) is 9.97 Å². The summed E-state index contributed by atoms with van der Waals surface area (Å²) >= 11 is 9.25. The molecule has 1 heterocycles. The summed E-state index contributed by atoms with van der Waals surface area (Å²) < 4.78 is 0. The summed E-state index contributed by atoms with van der Waals surface area (Å²) in [7, 11) is 0. The van der Waals surface area contributed by atoms with Gasteiger partial charge in [-0.3, -0.25) is 0 Å². The Morgan fingerprint density at radius 1 is 1.46 bits per heavy atom. The fourth-order valence-corrected chi connectivity index (χ4v) is 1.93. The summed E-state index contributed by atoms with van der Waals surface area (Å²) in [5.74, 6) is 1.22. The van der Waals surface area contributed by atoms with Crippen molar-refractivity contribution in [3.8, 4) is 0 Å². The van der Waals surface area contributed by atoms with Crippen LogP contribution >= 0.6 is 27.5 Å². The molecule has 0 fully saturated rings. The average molecular weight is 264 g/mol. The number of nitrogens with zero attached hydrogens (tertiary/aromatic N) is 2. The van der Waals surface area contributed by atoms with E-state index in [4.69, 9.17) is 11.6 Å². The average Bonchev–Trinajstić information content (AvgIpc) is 2.09. The van der Waals surface area contributed by atoms with Gasteiger partial charge in [-0.1, -0.05) is 41.4 Å². The van der Waals surface area contributed by atoms with Gasteiger partial charge in [0.05, 0.1) is 5.02 Å². The maximum atomic E-state index is 5.70. The van der Waals surface area contributed by atoms with Crippen molar-refractivity contribution in [2.45, 2.75) is 31.0 Å². The van der Waals surface area contributed by atoms with Gasteiger partial charge in [0.1, 0.15) is 5.82 Å². The Morgan fingerprint density at radius 2 is 2.00 bits per heavy atom. The second-order valence-corrected chi connectivity index (χ2v) is 4.83. The van der Waals surface area contributed by atoms with Crippen molar-refractivity contribution in [2.75, 3.05) is 0 Å². The lowest BCUT2D eigenvalue weighted by atomic mass is 10.0. The molecule has 0 amide bonds. The minimum absolute atomic E-state index is 0.359. The molecule has 4 heteroatoms. The number of halogens is 2. The monoisotopic (exact) mass is 262 g/mol. The number of hydrogen-bond donors (Lipinski definition) is 0. The number of rotatable bonds is 3. The van der Waals surface area contributed by atoms with Crippen molar-refractivity contribution >= 4 is 27.5 Å². The highest BCUT2D eigenvalue weighted by Crippen LogP contribution is 2.25. The Kier molecular flexibility index (Phi) is 4.13. The van der Waals surface area contributed by atoms with Crippen LogP contribution in [-0.4, -0.2) is 14.8 Å². The molecule has 0 radical (unpaired) electrons. The second-order valence-electron chi connectivity index (χ2n) is 2.95. The minimum atomic E-state index is 0.359. The summed E-state index contributed by atoms with van der Waals surface area (Å²) in [5, 5.41) is 0.584. The van der Waals surface area contributed by atoms with Crippen LogP contribution in [0.4, 0.5) is 0 Å². The van der Waals surface area contributed by atoms with E-state index in [2.05, 4.69) is 39.7 Å². The van der Waals surface area contributed by atoms with Crippen LogP contribution in [0.15, 0.2) is 12.4 Å². The molecule has 1 aromatic heterocycles. The van der Waals surface area contributed by atoms with E-state index in [1.54, 1.807) is 12.4 Å². The Bertz CT molecular complexity index is 261. The van der Waals surface area contributed by atoms with Crippen molar-refractivity contribution in [2.24, 2.45) is 0 Å². The first-order chi connectivity index (χ1) is 6.15. The maximum absolute atomic E-state index is 5.70. The minimum Gasteiger partial charge on any atom is -0.239 e. The molecule has 72 valence electrons. The number of alkyl halides is 1. The Balaban J connectivity index is 2.86. The predicted molar refractivity (Wildman–Crippen MR) is 58.5 cm³/mol. The summed E-state index contributed by atoms with van der Waals surface area (Å²) in [6.07, 6.45) is 4.30. The van der Waals surface area contributed by atoms with E-state index >= 15 is 0 Å². The zero-order chi connectivity index (χ0) is 9.84. The first-order valence-corrected chi connectivity index (χ1v) is 5.56. The number of aromatic nitrogens is 2. The Hall–Kier alpha value is -0.150. The van der Waals surface area contributed by atoms with E-state index in [0.29, 0.717) is 15.8 Å². The van der Waals surface area contributed by atoms with Crippen LogP contribution in [0.1, 0.15) is 32.0 Å². The molecule has 0 spiro atoms. The summed E-state index contributed by atoms with van der Waals surface area (Å²) in [5.41, 5.74) is 0. The Morgan fingerprint density at radius 3 is 2.38 bits per heavy atom. The van der Waals surface area contributed by atoms with Crippen LogP contribution in [0.5, 0.6) is 0 Å². The van der Waals surface area contributed by atoms with E-state index in [9.17, 15) is 0 Å². The lowest BCUT2D eigenvalue weighted by Gasteiger charge is -2.15. The van der Waals surface area contributed by atoms with E-state index < -0.39 is 0 Å². The van der Waals surface area contributed by atoms with Crippen molar-refractivity contribution in [1.29, 1.82) is 0 Å². The lowest BCUT2D eigenvalue weighted by Crippen LogP contribution is -2.11. The molecule has 1 rings (SSSR count). The van der Waals surface area contributed by atoms with E-state index in [1.807, 2.05) is 0 Å². The molecule has 1 aromatic rings. The third-order valence-electron chi connectivity index (χ3n) is 1.97. The van der Waals surface area contributed by atoms with Gasteiger partial charge in [-0.05, 0) is 6.42 Å². The molecule has 0 aliphatic rings. The maximum Gasteiger partial charge on any atom is 0.132 e. The fraction of sp³-hybridized carbons (Fsp3) is 0.556. The molecule has 13 heavy (non-hydrogen) atoms. The topological polar surface area (TPSA) is 25.8 Å². The van der Waals surface area contributed by atoms with Crippen LogP contribution in [0.25, 0.3) is 0 Å². The van der Waals surface area contributed by atoms with Gasteiger partial charge < -0.3 is 0 Å². The van der Waals surface area contributed by atoms with Gasteiger partial charge >= 0.3 is 0 Å². The molecule has 0 N–H and O–H groups in total. The SMILES string of the molecule is CCC(c1ncc(Cl)cn1)C(C)Br. The van der Waals surface area contributed by atoms with Gasteiger partial charge in [0, 0.05) is 23.1 Å². The summed E-state index contributed by atoms with van der Waals surface area (Å²) in [6, 6.07) is 0. The highest BCUT2D eigenvalue weighted by atomic mass is 79.9. The molecule has 0 saturated heterocycles. The molecule has 2 atom stereocenters. The molecular formula is C9H12BrClN2. The van der Waals surface area contributed by atoms with Gasteiger partial charge in [0.2, 0.25) is 0 Å². The predicted octanol–water partition coefficient (Wildman–Crippen LogP) is 3.41. The van der Waals surface area contributed by atoms with Crippen LogP contribution < -0.4 is 0 Å². The molecule has 2 nitrogen and oxygen atoms in total. The first-order valence-electron chi connectivity index (χ1n) is 4.26. The highest BCUT2D eigenvalue weighted by Gasteiger charge is 2.17. The molecule has 0 aliphatic carbocycles. The van der Waals surface area contributed by atoms with Gasteiger partial charge in [-0.25, -0.2) is 9.97 Å². The molecular weight excluding hydrogens is 251 g/mol. The zero-order valence-corrected chi connectivity index (χ0v) is 10.0. The van der Waals surface area contributed by atoms with Crippen molar-refractivity contribution in [3.63, 3.8) is 0 Å². The quantitative estimate of drug-likeness (QED) is 0.781. The third kappa shape index (κ3) is 2.92. The van der Waals surface area contributed by atoms with E-state index in [0.717, 1.165) is 12.2 Å². The highest BCUT2D eigenvalue weighted by molar-refractivity contribution is 9.09. The largest absolute Gasteiger partial charge is 0.239 e. The molecule has 0 saturated carbocycles. The van der Waals surface area contributed by atoms with Crippen molar-refractivity contribution < 1.29 is 0 Å². The standard InChI is InChI=1S/C9H12BrClN2/c1-3-8(6(2)10)9-12-4-7(11)5-13-9/h4-6,8H,3H2,1-2H3. The van der Waals surface area contributed by atoms with Crippen molar-refractivity contribution in [3.05, 3.63) is 23.2 Å². The van der Waals surface area contributed by atoms with Crippen LogP contribution in [-0.2, 0) is 0 Å². The third-order valence-corrected chi connectivity index (χ3v) is 2.80. The summed E-state index contributed by atoms with van der Waals surface area (Å²) in [4.78, 5) is 8.78. The fourth-order valence-electron chi connectivity index (χ4n) is 1.23. The van der Waals surface area contributed by atoms with Gasteiger partial charge in [0.15, 0.2) is 0 Å². The number of hydrogen-bond acceptors (Lipinski definition) is 2. The van der Waals surface area contributed by atoms with E-state index in [-0.39, 0.29) is 0 Å². The van der Waals surface area contributed by atoms with Crippen LogP contribution in [0.3, 0.4) is 0 Å².